The van der Waals surface area contributed by atoms with E-state index in [9.17, 15) is 0 Å². The minimum atomic E-state index is -0.545. The van der Waals surface area contributed by atoms with Crippen molar-refractivity contribution in [3.8, 4) is 22.3 Å². The smallest absolute Gasteiger partial charge is 0.0720 e. The van der Waals surface area contributed by atoms with E-state index >= 15 is 0 Å². The van der Waals surface area contributed by atoms with Gasteiger partial charge < -0.3 is 4.90 Å². The van der Waals surface area contributed by atoms with E-state index < -0.39 is 5.41 Å². The first-order valence-corrected chi connectivity index (χ1v) is 19.9. The van der Waals surface area contributed by atoms with Crippen LogP contribution >= 0.6 is 0 Å². The molecule has 0 radical (unpaired) electrons. The van der Waals surface area contributed by atoms with Crippen molar-refractivity contribution in [3.05, 3.63) is 258 Å². The van der Waals surface area contributed by atoms with Gasteiger partial charge in [0.05, 0.1) is 5.41 Å². The molecule has 0 N–H and O–H groups in total. The van der Waals surface area contributed by atoms with Crippen LogP contribution in [0, 0.1) is 0 Å². The van der Waals surface area contributed by atoms with Crippen molar-refractivity contribution in [2.45, 2.75) is 24.7 Å². The minimum absolute atomic E-state index is 0.144. The van der Waals surface area contributed by atoms with Crippen LogP contribution in [0.25, 0.3) is 33.0 Å². The lowest BCUT2D eigenvalue weighted by Gasteiger charge is -2.35. The summed E-state index contributed by atoms with van der Waals surface area (Å²) in [6.07, 6.45) is 0. The van der Waals surface area contributed by atoms with Crippen LogP contribution in [-0.2, 0) is 10.8 Å². The second kappa shape index (κ2) is 14.0. The van der Waals surface area contributed by atoms with Gasteiger partial charge in [0.1, 0.15) is 0 Å². The molecule has 1 aliphatic rings. The Bertz CT molecular complexity index is 2780. The Labute approximate surface area is 336 Å². The van der Waals surface area contributed by atoms with Crippen molar-refractivity contribution in [2.24, 2.45) is 0 Å². The zero-order chi connectivity index (χ0) is 38.4. The zero-order valence-electron chi connectivity index (χ0n) is 32.3. The molecule has 0 bridgehead atoms. The highest BCUT2D eigenvalue weighted by molar-refractivity contribution is 6.01. The Kier molecular flexibility index (Phi) is 8.46. The highest BCUT2D eigenvalue weighted by Crippen LogP contribution is 2.59. The van der Waals surface area contributed by atoms with E-state index in [4.69, 9.17) is 0 Å². The highest BCUT2D eigenvalue weighted by atomic mass is 15.1. The van der Waals surface area contributed by atoms with Crippen LogP contribution in [-0.4, -0.2) is 0 Å². The van der Waals surface area contributed by atoms with Gasteiger partial charge in [0, 0.05) is 22.5 Å². The standard InChI is InChI=1S/C56H43N/c1-55(2,43-20-9-4-10-21-43)44-30-34-48(35-31-44)57(47-32-27-41(28-33-47)40-17-7-3-8-18-40)49-36-38-51-52-37-29-42-19-15-16-26-50(42)54(52)56(53(51)39-49,45-22-11-5-12-23-45)46-24-13-6-14-25-46/h3-39H,1-2H3. The van der Waals surface area contributed by atoms with Crippen LogP contribution in [0.3, 0.4) is 0 Å². The molecular formula is C56H43N. The first-order chi connectivity index (χ1) is 28.0. The van der Waals surface area contributed by atoms with E-state index in [-0.39, 0.29) is 5.41 Å². The first-order valence-electron chi connectivity index (χ1n) is 19.9. The molecule has 272 valence electrons. The lowest BCUT2D eigenvalue weighted by atomic mass is 9.66. The minimum Gasteiger partial charge on any atom is -0.310 e. The molecule has 1 aliphatic carbocycles. The molecule has 0 atom stereocenters. The third-order valence-electron chi connectivity index (χ3n) is 12.2. The van der Waals surface area contributed by atoms with Gasteiger partial charge >= 0.3 is 0 Å². The van der Waals surface area contributed by atoms with Gasteiger partial charge in [-0.25, -0.2) is 0 Å². The average molecular weight is 730 g/mol. The van der Waals surface area contributed by atoms with Crippen molar-refractivity contribution in [2.75, 3.05) is 4.90 Å². The summed E-state index contributed by atoms with van der Waals surface area (Å²) < 4.78 is 0. The van der Waals surface area contributed by atoms with Crippen molar-refractivity contribution < 1.29 is 0 Å². The summed E-state index contributed by atoms with van der Waals surface area (Å²) in [6.45, 7) is 4.62. The van der Waals surface area contributed by atoms with E-state index in [1.54, 1.807) is 0 Å². The average Bonchev–Trinajstić information content (AvgIpc) is 3.59. The summed E-state index contributed by atoms with van der Waals surface area (Å²) in [5, 5.41) is 2.53. The maximum Gasteiger partial charge on any atom is 0.0720 e. The molecular weight excluding hydrogens is 687 g/mol. The first kappa shape index (κ1) is 34.5. The Hall–Kier alpha value is -6.96. The molecule has 0 aliphatic heterocycles. The van der Waals surface area contributed by atoms with Crippen LogP contribution in [0.1, 0.15) is 47.2 Å². The number of nitrogens with zero attached hydrogens (tertiary/aromatic N) is 1. The Morgan fingerprint density at radius 2 is 0.860 bits per heavy atom. The topological polar surface area (TPSA) is 3.24 Å². The number of fused-ring (bicyclic) bond motifs is 5. The summed E-state index contributed by atoms with van der Waals surface area (Å²) in [5.41, 5.74) is 15.3. The molecule has 9 aromatic carbocycles. The molecule has 1 nitrogen and oxygen atoms in total. The van der Waals surface area contributed by atoms with Gasteiger partial charge in [-0.05, 0) is 103 Å². The van der Waals surface area contributed by atoms with E-state index in [1.165, 1.54) is 66.4 Å². The molecule has 9 aromatic rings. The van der Waals surface area contributed by atoms with Gasteiger partial charge in [0.25, 0.3) is 0 Å². The SMILES string of the molecule is CC(C)(c1ccccc1)c1ccc(N(c2ccc(-c3ccccc3)cc2)c2ccc3c(c2)C(c2ccccc2)(c2ccccc2)c2c-3ccc3ccccc23)cc1. The van der Waals surface area contributed by atoms with Gasteiger partial charge in [0.15, 0.2) is 0 Å². The van der Waals surface area contributed by atoms with Gasteiger partial charge in [-0.1, -0.05) is 202 Å². The molecule has 10 rings (SSSR count). The Morgan fingerprint density at radius 1 is 0.386 bits per heavy atom. The van der Waals surface area contributed by atoms with Crippen LogP contribution in [0.5, 0.6) is 0 Å². The fraction of sp³-hybridized carbons (Fsp3) is 0.0714. The summed E-state index contributed by atoms with van der Waals surface area (Å²) in [4.78, 5) is 2.43. The molecule has 1 heteroatoms. The number of hydrogen-bond acceptors (Lipinski definition) is 1. The molecule has 0 unspecified atom stereocenters. The normalized spacial score (nSPS) is 12.9. The van der Waals surface area contributed by atoms with Crippen molar-refractivity contribution >= 4 is 27.8 Å². The van der Waals surface area contributed by atoms with Crippen molar-refractivity contribution in [1.82, 2.24) is 0 Å². The van der Waals surface area contributed by atoms with Gasteiger partial charge in [-0.15, -0.1) is 0 Å². The van der Waals surface area contributed by atoms with Crippen LogP contribution in [0.2, 0.25) is 0 Å². The van der Waals surface area contributed by atoms with Crippen molar-refractivity contribution in [1.29, 1.82) is 0 Å². The lowest BCUT2D eigenvalue weighted by molar-refractivity contribution is 0.641. The van der Waals surface area contributed by atoms with E-state index in [1.807, 2.05) is 0 Å². The molecule has 0 fully saturated rings. The fourth-order valence-corrected chi connectivity index (χ4v) is 9.32. The zero-order valence-corrected chi connectivity index (χ0v) is 32.3. The number of benzene rings is 9. The monoisotopic (exact) mass is 729 g/mol. The maximum atomic E-state index is 2.47. The molecule has 0 spiro atoms. The second-order valence-corrected chi connectivity index (χ2v) is 15.7. The van der Waals surface area contributed by atoms with Crippen LogP contribution in [0.4, 0.5) is 17.1 Å². The molecule has 0 heterocycles. The largest absolute Gasteiger partial charge is 0.310 e. The molecule has 57 heavy (non-hydrogen) atoms. The number of rotatable bonds is 8. The molecule has 0 saturated carbocycles. The van der Waals surface area contributed by atoms with Crippen molar-refractivity contribution in [3.63, 3.8) is 0 Å². The molecule has 0 saturated heterocycles. The second-order valence-electron chi connectivity index (χ2n) is 15.7. The van der Waals surface area contributed by atoms with E-state index in [0.717, 1.165) is 17.1 Å². The van der Waals surface area contributed by atoms with E-state index in [0.29, 0.717) is 0 Å². The predicted octanol–water partition coefficient (Wildman–Crippen LogP) is 14.7. The van der Waals surface area contributed by atoms with Crippen LogP contribution in [0.15, 0.2) is 224 Å². The number of hydrogen-bond donors (Lipinski definition) is 0. The van der Waals surface area contributed by atoms with E-state index in [2.05, 4.69) is 243 Å². The van der Waals surface area contributed by atoms with Gasteiger partial charge in [-0.3, -0.25) is 0 Å². The third-order valence-corrected chi connectivity index (χ3v) is 12.2. The summed E-state index contributed by atoms with van der Waals surface area (Å²) >= 11 is 0. The molecule has 0 aromatic heterocycles. The van der Waals surface area contributed by atoms with Gasteiger partial charge in [0.2, 0.25) is 0 Å². The molecule has 0 amide bonds. The lowest BCUT2D eigenvalue weighted by Crippen LogP contribution is -2.29. The highest BCUT2D eigenvalue weighted by Gasteiger charge is 2.47. The number of anilines is 3. The summed E-state index contributed by atoms with van der Waals surface area (Å²) in [5.74, 6) is 0. The van der Waals surface area contributed by atoms with Crippen LogP contribution < -0.4 is 4.90 Å². The Morgan fingerprint density at radius 3 is 1.49 bits per heavy atom. The third kappa shape index (κ3) is 5.69. The fourth-order valence-electron chi connectivity index (χ4n) is 9.32. The predicted molar refractivity (Wildman–Crippen MR) is 240 cm³/mol. The summed E-state index contributed by atoms with van der Waals surface area (Å²) in [7, 11) is 0. The Balaban J connectivity index is 1.20. The maximum absolute atomic E-state index is 2.47. The summed E-state index contributed by atoms with van der Waals surface area (Å²) in [6, 6.07) is 82.6. The van der Waals surface area contributed by atoms with Gasteiger partial charge in [-0.2, -0.15) is 0 Å². The quantitative estimate of drug-likeness (QED) is 0.151.